The van der Waals surface area contributed by atoms with Gasteiger partial charge in [-0.3, -0.25) is 9.78 Å². The predicted octanol–water partition coefficient (Wildman–Crippen LogP) is 1.72. The summed E-state index contributed by atoms with van der Waals surface area (Å²) < 4.78 is 0.992. The van der Waals surface area contributed by atoms with Gasteiger partial charge in [-0.1, -0.05) is 0 Å². The van der Waals surface area contributed by atoms with E-state index in [9.17, 15) is 9.90 Å². The maximum Gasteiger partial charge on any atom is 0.249 e. The first kappa shape index (κ1) is 12.5. The van der Waals surface area contributed by atoms with Crippen LogP contribution in [0.4, 0.5) is 0 Å². The Labute approximate surface area is 109 Å². The van der Waals surface area contributed by atoms with Gasteiger partial charge in [0, 0.05) is 16.9 Å². The molecule has 1 aromatic heterocycles. The molecule has 0 radical (unpaired) electrons. The number of carbonyl (C=O) groups is 1. The topological polar surface area (TPSA) is 62.2 Å². The number of nitrogens with zero attached hydrogens (tertiary/aromatic N) is 1. The van der Waals surface area contributed by atoms with E-state index < -0.39 is 6.10 Å². The number of hydrogen-bond donors (Lipinski definition) is 2. The molecule has 4 nitrogen and oxygen atoms in total. The Balaban J connectivity index is 2.23. The van der Waals surface area contributed by atoms with Crippen molar-refractivity contribution in [3.63, 3.8) is 0 Å². The van der Waals surface area contributed by atoms with E-state index >= 15 is 0 Å². The molecule has 1 unspecified atom stereocenters. The van der Waals surface area contributed by atoms with Crippen LogP contribution in [0.3, 0.4) is 0 Å². The van der Waals surface area contributed by atoms with E-state index in [0.717, 1.165) is 29.3 Å². The Morgan fingerprint density at radius 3 is 3.12 bits per heavy atom. The summed E-state index contributed by atoms with van der Waals surface area (Å²) in [7, 11) is 0. The lowest BCUT2D eigenvalue weighted by molar-refractivity contribution is -0.129. The molecule has 0 aliphatic heterocycles. The minimum Gasteiger partial charge on any atom is -0.384 e. The number of halogens is 1. The third-order valence-corrected chi connectivity index (χ3v) is 3.71. The van der Waals surface area contributed by atoms with Crippen molar-refractivity contribution in [3.8, 4) is 0 Å². The van der Waals surface area contributed by atoms with Crippen LogP contribution in [0.15, 0.2) is 16.9 Å². The van der Waals surface area contributed by atoms with Gasteiger partial charge in [0.15, 0.2) is 0 Å². The zero-order chi connectivity index (χ0) is 12.4. The van der Waals surface area contributed by atoms with Crippen LogP contribution < -0.4 is 5.32 Å². The number of aliphatic hydroxyl groups is 1. The quantitative estimate of drug-likeness (QED) is 0.874. The molecule has 1 amide bonds. The van der Waals surface area contributed by atoms with Crippen LogP contribution in [0.2, 0.25) is 0 Å². The van der Waals surface area contributed by atoms with Crippen molar-refractivity contribution in [1.82, 2.24) is 10.3 Å². The molecule has 2 N–H and O–H groups in total. The molecule has 1 aromatic rings. The SMILES string of the molecule is CC(O)C(=O)N[C@@H]1CCCc2c(Br)cncc21. The summed E-state index contributed by atoms with van der Waals surface area (Å²) in [6.07, 6.45) is 5.52. The average Bonchev–Trinajstić information content (AvgIpc) is 2.30. The molecule has 1 heterocycles. The molecule has 2 atom stereocenters. The number of aliphatic hydroxyl groups excluding tert-OH is 1. The second kappa shape index (κ2) is 5.14. The molecule has 0 saturated carbocycles. The fraction of sp³-hybridized carbons (Fsp3) is 0.500. The molecule has 17 heavy (non-hydrogen) atoms. The molecular formula is C12H15BrN2O2. The molecule has 0 spiro atoms. The standard InChI is InChI=1S/C12H15BrN2O2/c1-7(16)12(17)15-11-4-2-3-8-9(11)5-14-6-10(8)13/h5-7,11,16H,2-4H2,1H3,(H,15,17)/t7?,11-/m1/s1. The zero-order valence-corrected chi connectivity index (χ0v) is 11.2. The van der Waals surface area contributed by atoms with E-state index in [1.54, 1.807) is 12.4 Å². The highest BCUT2D eigenvalue weighted by atomic mass is 79.9. The van der Waals surface area contributed by atoms with E-state index in [4.69, 9.17) is 0 Å². The highest BCUT2D eigenvalue weighted by Gasteiger charge is 2.24. The normalized spacial score (nSPS) is 20.5. The van der Waals surface area contributed by atoms with Gasteiger partial charge in [0.2, 0.25) is 5.91 Å². The number of nitrogens with one attached hydrogen (secondary N) is 1. The molecule has 2 rings (SSSR count). The lowest BCUT2D eigenvalue weighted by Crippen LogP contribution is -2.37. The number of fused-ring (bicyclic) bond motifs is 1. The van der Waals surface area contributed by atoms with Crippen molar-refractivity contribution in [1.29, 1.82) is 0 Å². The smallest absolute Gasteiger partial charge is 0.249 e. The fourth-order valence-corrected chi connectivity index (χ4v) is 2.67. The predicted molar refractivity (Wildman–Crippen MR) is 67.4 cm³/mol. The maximum absolute atomic E-state index is 11.5. The Morgan fingerprint density at radius 2 is 2.41 bits per heavy atom. The molecule has 0 aromatic carbocycles. The number of amides is 1. The highest BCUT2D eigenvalue weighted by molar-refractivity contribution is 9.10. The van der Waals surface area contributed by atoms with Gasteiger partial charge in [-0.25, -0.2) is 0 Å². The van der Waals surface area contributed by atoms with E-state index in [-0.39, 0.29) is 11.9 Å². The first-order chi connectivity index (χ1) is 8.09. The van der Waals surface area contributed by atoms with Crippen molar-refractivity contribution in [2.24, 2.45) is 0 Å². The van der Waals surface area contributed by atoms with Gasteiger partial charge in [0.1, 0.15) is 6.10 Å². The number of aromatic nitrogens is 1. The summed E-state index contributed by atoms with van der Waals surface area (Å²) in [5.74, 6) is -0.331. The summed E-state index contributed by atoms with van der Waals surface area (Å²) in [4.78, 5) is 15.7. The molecule has 5 heteroatoms. The molecule has 92 valence electrons. The summed E-state index contributed by atoms with van der Waals surface area (Å²) in [6.45, 7) is 1.47. The third kappa shape index (κ3) is 2.66. The lowest BCUT2D eigenvalue weighted by atomic mass is 9.89. The summed E-state index contributed by atoms with van der Waals surface area (Å²) >= 11 is 3.48. The van der Waals surface area contributed by atoms with Gasteiger partial charge in [0.05, 0.1) is 6.04 Å². The van der Waals surface area contributed by atoms with Crippen LogP contribution >= 0.6 is 15.9 Å². The molecule has 0 fully saturated rings. The minimum absolute atomic E-state index is 0.0363. The summed E-state index contributed by atoms with van der Waals surface area (Å²) in [5.41, 5.74) is 2.27. The van der Waals surface area contributed by atoms with Crippen LogP contribution in [-0.4, -0.2) is 22.1 Å². The second-order valence-electron chi connectivity index (χ2n) is 4.32. The van der Waals surface area contributed by atoms with E-state index in [1.165, 1.54) is 12.5 Å². The lowest BCUT2D eigenvalue weighted by Gasteiger charge is -2.27. The Hall–Kier alpha value is -0.940. The van der Waals surface area contributed by atoms with Crippen LogP contribution in [0.25, 0.3) is 0 Å². The monoisotopic (exact) mass is 298 g/mol. The Kier molecular flexibility index (Phi) is 3.79. The zero-order valence-electron chi connectivity index (χ0n) is 9.61. The number of hydrogen-bond acceptors (Lipinski definition) is 3. The van der Waals surface area contributed by atoms with Gasteiger partial charge in [0.25, 0.3) is 0 Å². The number of rotatable bonds is 2. The Morgan fingerprint density at radius 1 is 1.65 bits per heavy atom. The van der Waals surface area contributed by atoms with Crippen molar-refractivity contribution < 1.29 is 9.90 Å². The first-order valence-corrected chi connectivity index (χ1v) is 6.49. The fourth-order valence-electron chi connectivity index (χ4n) is 2.12. The van der Waals surface area contributed by atoms with E-state index in [0.29, 0.717) is 0 Å². The molecule has 0 bridgehead atoms. The second-order valence-corrected chi connectivity index (χ2v) is 5.17. The van der Waals surface area contributed by atoms with Gasteiger partial charge < -0.3 is 10.4 Å². The summed E-state index contributed by atoms with van der Waals surface area (Å²) in [5, 5.41) is 12.1. The number of carbonyl (C=O) groups excluding carboxylic acids is 1. The van der Waals surface area contributed by atoms with Crippen molar-refractivity contribution >= 4 is 21.8 Å². The maximum atomic E-state index is 11.5. The van der Waals surface area contributed by atoms with Gasteiger partial charge in [-0.2, -0.15) is 0 Å². The third-order valence-electron chi connectivity index (χ3n) is 3.03. The first-order valence-electron chi connectivity index (χ1n) is 5.70. The van der Waals surface area contributed by atoms with Crippen LogP contribution in [0.1, 0.15) is 36.9 Å². The molecule has 1 aliphatic rings. The van der Waals surface area contributed by atoms with E-state index in [2.05, 4.69) is 26.2 Å². The van der Waals surface area contributed by atoms with Crippen LogP contribution in [-0.2, 0) is 11.2 Å². The largest absolute Gasteiger partial charge is 0.384 e. The van der Waals surface area contributed by atoms with Gasteiger partial charge in [-0.05, 0) is 53.2 Å². The van der Waals surface area contributed by atoms with Gasteiger partial charge in [-0.15, -0.1) is 0 Å². The molecule has 1 aliphatic carbocycles. The average molecular weight is 299 g/mol. The van der Waals surface area contributed by atoms with Gasteiger partial charge >= 0.3 is 0 Å². The van der Waals surface area contributed by atoms with Crippen LogP contribution in [0.5, 0.6) is 0 Å². The van der Waals surface area contributed by atoms with Crippen molar-refractivity contribution in [3.05, 3.63) is 28.0 Å². The van der Waals surface area contributed by atoms with Crippen molar-refractivity contribution in [2.45, 2.75) is 38.3 Å². The number of pyridine rings is 1. The van der Waals surface area contributed by atoms with Crippen LogP contribution in [0, 0.1) is 0 Å². The van der Waals surface area contributed by atoms with E-state index in [1.807, 2.05) is 0 Å². The van der Waals surface area contributed by atoms with Crippen molar-refractivity contribution in [2.75, 3.05) is 0 Å². The highest BCUT2D eigenvalue weighted by Crippen LogP contribution is 2.33. The summed E-state index contributed by atoms with van der Waals surface area (Å²) in [6, 6.07) is -0.0363. The molecule has 0 saturated heterocycles. The Bertz CT molecular complexity index is 435. The minimum atomic E-state index is -0.972. The molecular weight excluding hydrogens is 284 g/mol.